The second-order valence-electron chi connectivity index (χ2n) is 8.55. The van der Waals surface area contributed by atoms with Crippen LogP contribution in [0.3, 0.4) is 0 Å². The molecule has 1 rings (SSSR count). The van der Waals surface area contributed by atoms with E-state index in [2.05, 4.69) is 11.9 Å². The second-order valence-corrected chi connectivity index (χ2v) is 8.55. The van der Waals surface area contributed by atoms with Gasteiger partial charge in [0.05, 0.1) is 5.56 Å². The number of hydrogen-bond donors (Lipinski definition) is 2. The first kappa shape index (κ1) is 25.5. The molecular formula is C25H43NO3. The van der Waals surface area contributed by atoms with Crippen molar-refractivity contribution in [2.45, 2.75) is 124 Å². The maximum absolute atomic E-state index is 12.5. The van der Waals surface area contributed by atoms with Gasteiger partial charge in [-0.05, 0) is 25.8 Å². The van der Waals surface area contributed by atoms with E-state index in [0.29, 0.717) is 12.0 Å². The van der Waals surface area contributed by atoms with Crippen LogP contribution in [-0.4, -0.2) is 21.8 Å². The van der Waals surface area contributed by atoms with E-state index >= 15 is 0 Å². The summed E-state index contributed by atoms with van der Waals surface area (Å²) in [4.78, 5) is 26.6. The lowest BCUT2D eigenvalue weighted by atomic mass is 9.99. The van der Waals surface area contributed by atoms with Crippen molar-refractivity contribution in [2.75, 3.05) is 0 Å². The van der Waals surface area contributed by atoms with Gasteiger partial charge in [-0.1, -0.05) is 96.8 Å². The Bertz CT molecular complexity index is 603. The molecule has 2 N–H and O–H groups in total. The SMILES string of the molecule is CCCCCCCCCCCCCCCCCC(=O)c1c(C(=O)O)[nH]c(C)c1C. The minimum absolute atomic E-state index is 0.0426. The first-order valence-electron chi connectivity index (χ1n) is 11.9. The predicted molar refractivity (Wildman–Crippen MR) is 121 cm³/mol. The van der Waals surface area contributed by atoms with Gasteiger partial charge in [-0.15, -0.1) is 0 Å². The highest BCUT2D eigenvalue weighted by Crippen LogP contribution is 2.21. The van der Waals surface area contributed by atoms with Crippen molar-refractivity contribution < 1.29 is 14.7 Å². The van der Waals surface area contributed by atoms with Crippen molar-refractivity contribution in [1.29, 1.82) is 0 Å². The third-order valence-electron chi connectivity index (χ3n) is 6.00. The summed E-state index contributed by atoms with van der Waals surface area (Å²) in [6.45, 7) is 5.89. The van der Waals surface area contributed by atoms with Crippen molar-refractivity contribution >= 4 is 11.8 Å². The topological polar surface area (TPSA) is 70.2 Å². The third kappa shape index (κ3) is 10.1. The summed E-state index contributed by atoms with van der Waals surface area (Å²) in [5, 5.41) is 9.27. The molecule has 166 valence electrons. The maximum Gasteiger partial charge on any atom is 0.353 e. The molecule has 0 aliphatic carbocycles. The number of rotatable bonds is 18. The molecule has 1 aromatic rings. The van der Waals surface area contributed by atoms with Crippen LogP contribution in [0.2, 0.25) is 0 Å². The average molecular weight is 406 g/mol. The van der Waals surface area contributed by atoms with Gasteiger partial charge in [-0.2, -0.15) is 0 Å². The minimum atomic E-state index is -1.05. The number of carbonyl (C=O) groups excluding carboxylic acids is 1. The maximum atomic E-state index is 12.5. The molecule has 0 fully saturated rings. The summed E-state index contributed by atoms with van der Waals surface area (Å²) in [5.41, 5.74) is 1.96. The van der Waals surface area contributed by atoms with Crippen LogP contribution in [-0.2, 0) is 0 Å². The van der Waals surface area contributed by atoms with Crippen LogP contribution in [0, 0.1) is 13.8 Å². The Kier molecular flexibility index (Phi) is 13.4. The van der Waals surface area contributed by atoms with Gasteiger partial charge < -0.3 is 10.1 Å². The van der Waals surface area contributed by atoms with E-state index in [-0.39, 0.29) is 11.5 Å². The van der Waals surface area contributed by atoms with E-state index in [9.17, 15) is 14.7 Å². The van der Waals surface area contributed by atoms with Crippen molar-refractivity contribution in [2.24, 2.45) is 0 Å². The molecule has 0 radical (unpaired) electrons. The van der Waals surface area contributed by atoms with Gasteiger partial charge in [-0.3, -0.25) is 4.79 Å². The number of aromatic carboxylic acids is 1. The van der Waals surface area contributed by atoms with Crippen LogP contribution in [0.4, 0.5) is 0 Å². The first-order chi connectivity index (χ1) is 14.0. The lowest BCUT2D eigenvalue weighted by molar-refractivity contribution is 0.0686. The number of unbranched alkanes of at least 4 members (excludes halogenated alkanes) is 14. The van der Waals surface area contributed by atoms with E-state index in [1.54, 1.807) is 0 Å². The number of aryl methyl sites for hydroxylation is 1. The number of carbonyl (C=O) groups is 2. The summed E-state index contributed by atoms with van der Waals surface area (Å²) in [5.74, 6) is -1.10. The Hall–Kier alpha value is -1.58. The molecule has 0 aromatic carbocycles. The largest absolute Gasteiger partial charge is 0.477 e. The number of nitrogens with one attached hydrogen (secondary N) is 1. The van der Waals surface area contributed by atoms with E-state index in [4.69, 9.17) is 0 Å². The van der Waals surface area contributed by atoms with Gasteiger partial charge in [0, 0.05) is 12.1 Å². The van der Waals surface area contributed by atoms with Crippen LogP contribution in [0.1, 0.15) is 142 Å². The summed E-state index contributed by atoms with van der Waals surface area (Å²) >= 11 is 0. The number of aromatic amines is 1. The molecule has 0 saturated heterocycles. The number of ketones is 1. The predicted octanol–water partition coefficient (Wildman–Crippen LogP) is 7.77. The van der Waals surface area contributed by atoms with Crippen LogP contribution >= 0.6 is 0 Å². The summed E-state index contributed by atoms with van der Waals surface area (Å²) < 4.78 is 0. The normalized spacial score (nSPS) is 11.1. The smallest absolute Gasteiger partial charge is 0.353 e. The standard InChI is InChI=1S/C25H43NO3/c1-4-5-6-7-8-9-10-11-12-13-14-15-16-17-18-19-22(27)23-20(2)21(3)26-24(23)25(28)29/h26H,4-19H2,1-3H3,(H,28,29). The number of H-pyrrole nitrogens is 1. The zero-order chi connectivity index (χ0) is 21.5. The molecule has 0 saturated carbocycles. The van der Waals surface area contributed by atoms with Crippen molar-refractivity contribution in [1.82, 2.24) is 4.98 Å². The van der Waals surface area contributed by atoms with Gasteiger partial charge in [-0.25, -0.2) is 4.79 Å². The molecule has 0 aliphatic rings. The third-order valence-corrected chi connectivity index (χ3v) is 6.00. The molecule has 0 bridgehead atoms. The Morgan fingerprint density at radius 3 is 1.55 bits per heavy atom. The van der Waals surface area contributed by atoms with Crippen LogP contribution in [0.15, 0.2) is 0 Å². The lowest BCUT2D eigenvalue weighted by Gasteiger charge is -2.04. The van der Waals surface area contributed by atoms with E-state index in [1.165, 1.54) is 83.5 Å². The van der Waals surface area contributed by atoms with Crippen molar-refractivity contribution in [3.05, 3.63) is 22.5 Å². The van der Waals surface area contributed by atoms with Crippen LogP contribution < -0.4 is 0 Å². The van der Waals surface area contributed by atoms with Gasteiger partial charge in [0.25, 0.3) is 0 Å². The Labute approximate surface area is 177 Å². The Morgan fingerprint density at radius 1 is 0.724 bits per heavy atom. The van der Waals surface area contributed by atoms with E-state index in [0.717, 1.165) is 24.1 Å². The Balaban J connectivity index is 2.01. The highest BCUT2D eigenvalue weighted by Gasteiger charge is 2.22. The fraction of sp³-hybridized carbons (Fsp3) is 0.760. The molecule has 4 heteroatoms. The quantitative estimate of drug-likeness (QED) is 0.193. The fourth-order valence-electron chi connectivity index (χ4n) is 4.01. The van der Waals surface area contributed by atoms with Gasteiger partial charge in [0.1, 0.15) is 5.69 Å². The molecule has 0 spiro atoms. The molecule has 29 heavy (non-hydrogen) atoms. The molecule has 0 atom stereocenters. The van der Waals surface area contributed by atoms with Crippen molar-refractivity contribution in [3.63, 3.8) is 0 Å². The molecule has 0 unspecified atom stereocenters. The average Bonchev–Trinajstić information content (AvgIpc) is 3.00. The number of hydrogen-bond acceptors (Lipinski definition) is 2. The fourth-order valence-corrected chi connectivity index (χ4v) is 4.01. The van der Waals surface area contributed by atoms with Gasteiger partial charge in [0.15, 0.2) is 5.78 Å². The molecule has 1 heterocycles. The Morgan fingerprint density at radius 2 is 1.14 bits per heavy atom. The van der Waals surface area contributed by atoms with Gasteiger partial charge >= 0.3 is 5.97 Å². The minimum Gasteiger partial charge on any atom is -0.477 e. The highest BCUT2D eigenvalue weighted by atomic mass is 16.4. The molecule has 1 aromatic heterocycles. The number of aromatic nitrogens is 1. The number of carboxylic acid groups (broad SMARTS) is 1. The summed E-state index contributed by atoms with van der Waals surface area (Å²) in [6.07, 6.45) is 19.9. The molecular weight excluding hydrogens is 362 g/mol. The molecule has 4 nitrogen and oxygen atoms in total. The summed E-state index contributed by atoms with van der Waals surface area (Å²) in [7, 11) is 0. The second kappa shape index (κ2) is 15.3. The van der Waals surface area contributed by atoms with Crippen LogP contribution in [0.5, 0.6) is 0 Å². The van der Waals surface area contributed by atoms with Crippen LogP contribution in [0.25, 0.3) is 0 Å². The molecule has 0 aliphatic heterocycles. The monoisotopic (exact) mass is 405 g/mol. The zero-order valence-electron chi connectivity index (χ0n) is 19.1. The molecule has 0 amide bonds. The van der Waals surface area contributed by atoms with E-state index < -0.39 is 5.97 Å². The zero-order valence-corrected chi connectivity index (χ0v) is 19.1. The number of carboxylic acids is 1. The lowest BCUT2D eigenvalue weighted by Crippen LogP contribution is -2.08. The van der Waals surface area contributed by atoms with Gasteiger partial charge in [0.2, 0.25) is 0 Å². The summed E-state index contributed by atoms with van der Waals surface area (Å²) in [6, 6.07) is 0. The van der Waals surface area contributed by atoms with Crippen molar-refractivity contribution in [3.8, 4) is 0 Å². The number of Topliss-reactive ketones (excluding diaryl/α,β-unsaturated/α-hetero) is 1. The highest BCUT2D eigenvalue weighted by molar-refractivity contribution is 6.06. The first-order valence-corrected chi connectivity index (χ1v) is 11.9. The van der Waals surface area contributed by atoms with E-state index in [1.807, 2.05) is 13.8 Å².